The number of carbonyl (C=O) groups excluding carboxylic acids is 1. The standard InChI is InChI=1S/C10H12OS/c1-7-5-8(6-12-7)9(11)10(2)3-4-10/h5-6H,3-4H2,1-2H3. The van der Waals surface area contributed by atoms with E-state index in [2.05, 4.69) is 6.92 Å². The first-order valence-electron chi connectivity index (χ1n) is 4.22. The molecule has 0 saturated heterocycles. The number of aryl methyl sites for hydroxylation is 1. The molecule has 2 heteroatoms. The van der Waals surface area contributed by atoms with Gasteiger partial charge in [0.05, 0.1) is 0 Å². The van der Waals surface area contributed by atoms with E-state index in [1.54, 1.807) is 11.3 Å². The van der Waals surface area contributed by atoms with E-state index in [1.807, 2.05) is 18.4 Å². The lowest BCUT2D eigenvalue weighted by Gasteiger charge is -2.03. The Morgan fingerprint density at radius 2 is 2.25 bits per heavy atom. The number of Topliss-reactive ketones (excluding diaryl/α,β-unsaturated/α-hetero) is 1. The second kappa shape index (κ2) is 2.43. The van der Waals surface area contributed by atoms with E-state index in [-0.39, 0.29) is 5.41 Å². The predicted octanol–water partition coefficient (Wildman–Crippen LogP) is 3.04. The van der Waals surface area contributed by atoms with Gasteiger partial charge in [0.25, 0.3) is 0 Å². The molecule has 1 nitrogen and oxygen atoms in total. The molecule has 1 aromatic heterocycles. The van der Waals surface area contributed by atoms with Crippen LogP contribution >= 0.6 is 11.3 Å². The van der Waals surface area contributed by atoms with Crippen LogP contribution in [0.3, 0.4) is 0 Å². The van der Waals surface area contributed by atoms with E-state index in [0.29, 0.717) is 5.78 Å². The summed E-state index contributed by atoms with van der Waals surface area (Å²) in [5.41, 5.74) is 0.908. The molecule has 0 spiro atoms. The van der Waals surface area contributed by atoms with Crippen molar-refractivity contribution in [1.29, 1.82) is 0 Å². The zero-order chi connectivity index (χ0) is 8.77. The second-order valence-electron chi connectivity index (χ2n) is 3.84. The van der Waals surface area contributed by atoms with E-state index in [0.717, 1.165) is 18.4 Å². The van der Waals surface area contributed by atoms with Gasteiger partial charge in [-0.3, -0.25) is 4.79 Å². The largest absolute Gasteiger partial charge is 0.294 e. The molecule has 2 rings (SSSR count). The minimum atomic E-state index is -0.00644. The smallest absolute Gasteiger partial charge is 0.169 e. The Balaban J connectivity index is 2.25. The Hall–Kier alpha value is -0.630. The van der Waals surface area contributed by atoms with Gasteiger partial charge in [0, 0.05) is 21.2 Å². The van der Waals surface area contributed by atoms with E-state index in [9.17, 15) is 4.79 Å². The molecular weight excluding hydrogens is 168 g/mol. The topological polar surface area (TPSA) is 17.1 Å². The summed E-state index contributed by atoms with van der Waals surface area (Å²) in [5, 5.41) is 1.97. The highest BCUT2D eigenvalue weighted by Crippen LogP contribution is 2.47. The molecular formula is C10H12OS. The number of thiophene rings is 1. The van der Waals surface area contributed by atoms with E-state index < -0.39 is 0 Å². The fourth-order valence-corrected chi connectivity index (χ4v) is 2.01. The molecule has 0 amide bonds. The third kappa shape index (κ3) is 1.20. The van der Waals surface area contributed by atoms with Crippen LogP contribution in [0.15, 0.2) is 11.4 Å². The van der Waals surface area contributed by atoms with Gasteiger partial charge in [-0.05, 0) is 25.8 Å². The first-order valence-corrected chi connectivity index (χ1v) is 5.10. The van der Waals surface area contributed by atoms with Crippen LogP contribution in [0.5, 0.6) is 0 Å². The zero-order valence-corrected chi connectivity index (χ0v) is 8.20. The van der Waals surface area contributed by atoms with Gasteiger partial charge < -0.3 is 0 Å². The third-order valence-electron chi connectivity index (χ3n) is 2.54. The van der Waals surface area contributed by atoms with Crippen LogP contribution in [-0.4, -0.2) is 5.78 Å². The molecule has 0 bridgehead atoms. The lowest BCUT2D eigenvalue weighted by atomic mass is 9.99. The van der Waals surface area contributed by atoms with Crippen LogP contribution in [0.4, 0.5) is 0 Å². The van der Waals surface area contributed by atoms with E-state index >= 15 is 0 Å². The molecule has 0 atom stereocenters. The lowest BCUT2D eigenvalue weighted by molar-refractivity contribution is 0.0913. The molecule has 1 saturated carbocycles. The van der Waals surface area contributed by atoms with Crippen molar-refractivity contribution in [3.05, 3.63) is 21.9 Å². The number of hydrogen-bond acceptors (Lipinski definition) is 2. The van der Waals surface area contributed by atoms with Crippen molar-refractivity contribution in [2.45, 2.75) is 26.7 Å². The molecule has 0 aliphatic heterocycles. The summed E-state index contributed by atoms with van der Waals surface area (Å²) < 4.78 is 0. The SMILES string of the molecule is Cc1cc(C(=O)C2(C)CC2)cs1. The van der Waals surface area contributed by atoms with Crippen molar-refractivity contribution in [1.82, 2.24) is 0 Å². The molecule has 0 aromatic carbocycles. The van der Waals surface area contributed by atoms with Crippen LogP contribution in [0.2, 0.25) is 0 Å². The summed E-state index contributed by atoms with van der Waals surface area (Å²) in [7, 11) is 0. The Bertz CT molecular complexity index is 320. The summed E-state index contributed by atoms with van der Waals surface area (Å²) in [6, 6.07) is 2.00. The van der Waals surface area contributed by atoms with Crippen LogP contribution in [0, 0.1) is 12.3 Å². The van der Waals surface area contributed by atoms with Crippen molar-refractivity contribution in [2.24, 2.45) is 5.41 Å². The summed E-state index contributed by atoms with van der Waals surface area (Å²) >= 11 is 1.66. The predicted molar refractivity (Wildman–Crippen MR) is 50.7 cm³/mol. The van der Waals surface area contributed by atoms with E-state index in [4.69, 9.17) is 0 Å². The summed E-state index contributed by atoms with van der Waals surface area (Å²) in [5.74, 6) is 0.340. The number of ketones is 1. The quantitative estimate of drug-likeness (QED) is 0.639. The number of rotatable bonds is 2. The van der Waals surface area contributed by atoms with Crippen LogP contribution < -0.4 is 0 Å². The van der Waals surface area contributed by atoms with Crippen molar-refractivity contribution in [2.75, 3.05) is 0 Å². The minimum Gasteiger partial charge on any atom is -0.294 e. The van der Waals surface area contributed by atoms with Crippen molar-refractivity contribution < 1.29 is 4.79 Å². The van der Waals surface area contributed by atoms with Gasteiger partial charge in [0.2, 0.25) is 0 Å². The highest BCUT2D eigenvalue weighted by molar-refractivity contribution is 7.10. The van der Waals surface area contributed by atoms with Crippen LogP contribution in [0.25, 0.3) is 0 Å². The number of carbonyl (C=O) groups is 1. The van der Waals surface area contributed by atoms with Crippen LogP contribution in [0.1, 0.15) is 35.0 Å². The maximum Gasteiger partial charge on any atom is 0.169 e. The first-order chi connectivity index (χ1) is 5.62. The molecule has 1 aliphatic carbocycles. The number of hydrogen-bond donors (Lipinski definition) is 0. The fourth-order valence-electron chi connectivity index (χ4n) is 1.33. The first kappa shape index (κ1) is 7.99. The molecule has 1 aromatic rings. The minimum absolute atomic E-state index is 0.00644. The summed E-state index contributed by atoms with van der Waals surface area (Å²) in [6.45, 7) is 4.10. The second-order valence-corrected chi connectivity index (χ2v) is 4.95. The van der Waals surface area contributed by atoms with Crippen molar-refractivity contribution >= 4 is 17.1 Å². The fraction of sp³-hybridized carbons (Fsp3) is 0.500. The highest BCUT2D eigenvalue weighted by Gasteiger charge is 2.45. The Kier molecular flexibility index (Phi) is 1.62. The molecule has 0 N–H and O–H groups in total. The van der Waals surface area contributed by atoms with Gasteiger partial charge in [-0.25, -0.2) is 0 Å². The molecule has 1 fully saturated rings. The average molecular weight is 180 g/mol. The average Bonchev–Trinajstić information content (AvgIpc) is 2.62. The summed E-state index contributed by atoms with van der Waals surface area (Å²) in [6.07, 6.45) is 2.14. The monoisotopic (exact) mass is 180 g/mol. The lowest BCUT2D eigenvalue weighted by Crippen LogP contribution is -2.10. The molecule has 64 valence electrons. The maximum atomic E-state index is 11.7. The Labute approximate surface area is 76.4 Å². The maximum absolute atomic E-state index is 11.7. The van der Waals surface area contributed by atoms with Gasteiger partial charge in [-0.1, -0.05) is 6.92 Å². The molecule has 1 aliphatic rings. The zero-order valence-electron chi connectivity index (χ0n) is 7.39. The molecule has 1 heterocycles. The Morgan fingerprint density at radius 3 is 2.67 bits per heavy atom. The van der Waals surface area contributed by atoms with Gasteiger partial charge in [0.15, 0.2) is 5.78 Å². The molecule has 12 heavy (non-hydrogen) atoms. The van der Waals surface area contributed by atoms with Gasteiger partial charge in [-0.2, -0.15) is 0 Å². The highest BCUT2D eigenvalue weighted by atomic mass is 32.1. The van der Waals surface area contributed by atoms with E-state index in [1.165, 1.54) is 4.88 Å². The molecule has 0 unspecified atom stereocenters. The Morgan fingerprint density at radius 1 is 1.58 bits per heavy atom. The summed E-state index contributed by atoms with van der Waals surface area (Å²) in [4.78, 5) is 13.0. The van der Waals surface area contributed by atoms with Gasteiger partial charge in [0.1, 0.15) is 0 Å². The van der Waals surface area contributed by atoms with Crippen molar-refractivity contribution in [3.8, 4) is 0 Å². The molecule has 0 radical (unpaired) electrons. The van der Waals surface area contributed by atoms with Crippen molar-refractivity contribution in [3.63, 3.8) is 0 Å². The van der Waals surface area contributed by atoms with Gasteiger partial charge in [-0.15, -0.1) is 11.3 Å². The normalized spacial score (nSPS) is 19.2. The van der Waals surface area contributed by atoms with Gasteiger partial charge >= 0.3 is 0 Å². The third-order valence-corrected chi connectivity index (χ3v) is 3.40. The van der Waals surface area contributed by atoms with Crippen LogP contribution in [-0.2, 0) is 0 Å².